The number of rotatable bonds is 8. The van der Waals surface area contributed by atoms with E-state index in [1.807, 2.05) is 31.2 Å². The third-order valence-corrected chi connectivity index (χ3v) is 5.22. The minimum atomic E-state index is -0.521. The van der Waals surface area contributed by atoms with Gasteiger partial charge in [-0.05, 0) is 31.2 Å². The van der Waals surface area contributed by atoms with Gasteiger partial charge in [0.1, 0.15) is 16.5 Å². The van der Waals surface area contributed by atoms with Crippen LogP contribution in [0, 0.1) is 12.7 Å². The van der Waals surface area contributed by atoms with Crippen LogP contribution >= 0.6 is 11.3 Å². The number of halogens is 1. The van der Waals surface area contributed by atoms with Crippen molar-refractivity contribution < 1.29 is 18.7 Å². The van der Waals surface area contributed by atoms with Gasteiger partial charge in [0.25, 0.3) is 5.91 Å². The molecule has 0 aliphatic carbocycles. The van der Waals surface area contributed by atoms with E-state index < -0.39 is 11.8 Å². The van der Waals surface area contributed by atoms with Crippen molar-refractivity contribution in [3.05, 3.63) is 76.0 Å². The van der Waals surface area contributed by atoms with Crippen LogP contribution in [0.5, 0.6) is 0 Å². The largest absolute Gasteiger partial charge is 0.383 e. The number of hydrogen-bond acceptors (Lipinski definition) is 5. The van der Waals surface area contributed by atoms with E-state index in [0.717, 1.165) is 5.56 Å². The standard InChI is InChI=1S/C22H23FN4O3S/c1-15-7-9-16(10-8-15)24-21(28)19-14-31-20(25-19)13-27(11-12-30-2)22(29)26-18-6-4-3-5-17(18)23/h3-10,14H,11-13H2,1-2H3,(H,24,28)(H,26,29). The summed E-state index contributed by atoms with van der Waals surface area (Å²) in [5.74, 6) is -0.850. The molecule has 3 rings (SSSR count). The number of carbonyl (C=O) groups excluding carboxylic acids is 2. The molecule has 0 aliphatic heterocycles. The van der Waals surface area contributed by atoms with E-state index in [0.29, 0.717) is 17.3 Å². The Morgan fingerprint density at radius 1 is 1.13 bits per heavy atom. The average Bonchev–Trinajstić information content (AvgIpc) is 3.23. The van der Waals surface area contributed by atoms with Gasteiger partial charge in [-0.2, -0.15) is 0 Å². The highest BCUT2D eigenvalue weighted by molar-refractivity contribution is 7.09. The van der Waals surface area contributed by atoms with E-state index in [1.165, 1.54) is 35.5 Å². The van der Waals surface area contributed by atoms with Gasteiger partial charge in [-0.15, -0.1) is 11.3 Å². The van der Waals surface area contributed by atoms with Crippen LogP contribution < -0.4 is 10.6 Å². The maximum absolute atomic E-state index is 13.9. The van der Waals surface area contributed by atoms with Gasteiger partial charge < -0.3 is 20.3 Å². The highest BCUT2D eigenvalue weighted by Gasteiger charge is 2.18. The van der Waals surface area contributed by atoms with Gasteiger partial charge in [-0.1, -0.05) is 29.8 Å². The Balaban J connectivity index is 1.66. The summed E-state index contributed by atoms with van der Waals surface area (Å²) in [5.41, 5.74) is 2.13. The van der Waals surface area contributed by atoms with E-state index >= 15 is 0 Å². The normalized spacial score (nSPS) is 10.5. The molecule has 0 fully saturated rings. The Kier molecular flexibility index (Phi) is 7.69. The second-order valence-electron chi connectivity index (χ2n) is 6.77. The first-order chi connectivity index (χ1) is 15.0. The summed E-state index contributed by atoms with van der Waals surface area (Å²) in [4.78, 5) is 30.9. The monoisotopic (exact) mass is 442 g/mol. The van der Waals surface area contributed by atoms with Crippen LogP contribution in [0.4, 0.5) is 20.6 Å². The first-order valence-corrected chi connectivity index (χ1v) is 10.5. The van der Waals surface area contributed by atoms with E-state index in [-0.39, 0.29) is 30.4 Å². The maximum Gasteiger partial charge on any atom is 0.322 e. The lowest BCUT2D eigenvalue weighted by Crippen LogP contribution is -2.37. The summed E-state index contributed by atoms with van der Waals surface area (Å²) in [7, 11) is 1.53. The summed E-state index contributed by atoms with van der Waals surface area (Å²) < 4.78 is 18.9. The second-order valence-corrected chi connectivity index (χ2v) is 7.71. The number of anilines is 2. The van der Waals surface area contributed by atoms with Gasteiger partial charge in [0.15, 0.2) is 0 Å². The van der Waals surface area contributed by atoms with Crippen molar-refractivity contribution in [2.24, 2.45) is 0 Å². The van der Waals surface area contributed by atoms with Crippen LogP contribution in [0.25, 0.3) is 0 Å². The van der Waals surface area contributed by atoms with Crippen LogP contribution in [0.3, 0.4) is 0 Å². The number of para-hydroxylation sites is 1. The Labute approximate surface area is 183 Å². The quantitative estimate of drug-likeness (QED) is 0.537. The molecule has 162 valence electrons. The number of amides is 3. The van der Waals surface area contributed by atoms with Crippen LogP contribution in [0.15, 0.2) is 53.9 Å². The number of benzene rings is 2. The number of hydrogen-bond donors (Lipinski definition) is 2. The van der Waals surface area contributed by atoms with E-state index in [4.69, 9.17) is 4.74 Å². The van der Waals surface area contributed by atoms with Gasteiger partial charge in [-0.3, -0.25) is 4.79 Å². The lowest BCUT2D eigenvalue weighted by atomic mass is 10.2. The molecule has 0 spiro atoms. The van der Waals surface area contributed by atoms with Crippen molar-refractivity contribution in [1.29, 1.82) is 0 Å². The summed E-state index contributed by atoms with van der Waals surface area (Å²) in [5, 5.41) is 7.58. The zero-order chi connectivity index (χ0) is 22.2. The molecular weight excluding hydrogens is 419 g/mol. The number of nitrogens with zero attached hydrogens (tertiary/aromatic N) is 2. The smallest absolute Gasteiger partial charge is 0.322 e. The molecule has 0 saturated carbocycles. The molecule has 0 saturated heterocycles. The summed E-state index contributed by atoms with van der Waals surface area (Å²) in [6.07, 6.45) is 0. The second kappa shape index (κ2) is 10.6. The van der Waals surface area contributed by atoms with Gasteiger partial charge in [0.05, 0.1) is 18.8 Å². The predicted octanol–water partition coefficient (Wildman–Crippen LogP) is 4.52. The van der Waals surface area contributed by atoms with Crippen molar-refractivity contribution in [3.8, 4) is 0 Å². The fourth-order valence-electron chi connectivity index (χ4n) is 2.69. The zero-order valence-corrected chi connectivity index (χ0v) is 18.0. The first-order valence-electron chi connectivity index (χ1n) is 9.58. The summed E-state index contributed by atoms with van der Waals surface area (Å²) in [6, 6.07) is 12.9. The molecule has 0 unspecified atom stereocenters. The van der Waals surface area contributed by atoms with Gasteiger partial charge in [-0.25, -0.2) is 14.2 Å². The summed E-state index contributed by atoms with van der Waals surface area (Å²) >= 11 is 1.27. The molecule has 9 heteroatoms. The molecule has 3 amide bonds. The van der Waals surface area contributed by atoms with Crippen LogP contribution in [0.1, 0.15) is 21.1 Å². The first kappa shape index (κ1) is 22.4. The summed E-state index contributed by atoms with van der Waals surface area (Å²) in [6.45, 7) is 2.71. The zero-order valence-electron chi connectivity index (χ0n) is 17.2. The third kappa shape index (κ3) is 6.34. The Bertz CT molecular complexity index is 1040. The number of urea groups is 1. The van der Waals surface area contributed by atoms with Gasteiger partial charge >= 0.3 is 6.03 Å². The molecule has 1 heterocycles. The van der Waals surface area contributed by atoms with Crippen LogP contribution in [0.2, 0.25) is 0 Å². The minimum absolute atomic E-state index is 0.0900. The number of aromatic nitrogens is 1. The maximum atomic E-state index is 13.9. The molecule has 0 atom stereocenters. The topological polar surface area (TPSA) is 83.6 Å². The Morgan fingerprint density at radius 3 is 2.58 bits per heavy atom. The van der Waals surface area contributed by atoms with E-state index in [2.05, 4.69) is 15.6 Å². The van der Waals surface area contributed by atoms with Gasteiger partial charge in [0, 0.05) is 24.7 Å². The number of aryl methyl sites for hydroxylation is 1. The van der Waals surface area contributed by atoms with Crippen LogP contribution in [-0.2, 0) is 11.3 Å². The number of methoxy groups -OCH3 is 1. The number of carbonyl (C=O) groups is 2. The molecule has 0 radical (unpaired) electrons. The third-order valence-electron chi connectivity index (χ3n) is 4.39. The van der Waals surface area contributed by atoms with Crippen molar-refractivity contribution in [2.45, 2.75) is 13.5 Å². The van der Waals surface area contributed by atoms with Crippen LogP contribution in [-0.4, -0.2) is 42.1 Å². The lowest BCUT2D eigenvalue weighted by Gasteiger charge is -2.22. The molecule has 1 aromatic heterocycles. The van der Waals surface area contributed by atoms with Crippen molar-refractivity contribution in [3.63, 3.8) is 0 Å². The predicted molar refractivity (Wildman–Crippen MR) is 119 cm³/mol. The molecule has 3 aromatic rings. The van der Waals surface area contributed by atoms with Crippen molar-refractivity contribution >= 4 is 34.6 Å². The Morgan fingerprint density at radius 2 is 1.87 bits per heavy atom. The molecule has 0 bridgehead atoms. The van der Waals surface area contributed by atoms with Crippen molar-refractivity contribution in [1.82, 2.24) is 9.88 Å². The van der Waals surface area contributed by atoms with E-state index in [1.54, 1.807) is 17.5 Å². The number of ether oxygens (including phenoxy) is 1. The van der Waals surface area contributed by atoms with Crippen molar-refractivity contribution in [2.75, 3.05) is 30.9 Å². The molecule has 7 nitrogen and oxygen atoms in total. The average molecular weight is 443 g/mol. The fraction of sp³-hybridized carbons (Fsp3) is 0.227. The fourth-order valence-corrected chi connectivity index (χ4v) is 3.48. The highest BCUT2D eigenvalue weighted by atomic mass is 32.1. The highest BCUT2D eigenvalue weighted by Crippen LogP contribution is 2.17. The minimum Gasteiger partial charge on any atom is -0.383 e. The lowest BCUT2D eigenvalue weighted by molar-refractivity contribution is 0.102. The number of thiazole rings is 1. The molecule has 0 aliphatic rings. The number of nitrogens with one attached hydrogen (secondary N) is 2. The van der Waals surface area contributed by atoms with Gasteiger partial charge in [0.2, 0.25) is 0 Å². The van der Waals surface area contributed by atoms with E-state index in [9.17, 15) is 14.0 Å². The molecule has 31 heavy (non-hydrogen) atoms. The molecule has 2 aromatic carbocycles. The molecule has 2 N–H and O–H groups in total. The SMILES string of the molecule is COCCN(Cc1nc(C(=O)Nc2ccc(C)cc2)cs1)C(=O)Nc1ccccc1F. The Hall–Kier alpha value is -3.30. The molecular formula is C22H23FN4O3S.